The van der Waals surface area contributed by atoms with E-state index in [1.54, 1.807) is 0 Å². The molecule has 1 amide bonds. The largest absolute Gasteiger partial charge is 0.356 e. The van der Waals surface area contributed by atoms with Crippen molar-refractivity contribution >= 4 is 15.9 Å². The van der Waals surface area contributed by atoms with Crippen molar-refractivity contribution in [1.29, 1.82) is 0 Å². The summed E-state index contributed by atoms with van der Waals surface area (Å²) in [5, 5.41) is 2.65. The molecule has 2 atom stereocenters. The van der Waals surface area contributed by atoms with Crippen LogP contribution in [0.15, 0.2) is 18.2 Å². The van der Waals surface area contributed by atoms with Crippen molar-refractivity contribution < 1.29 is 22.0 Å². The second kappa shape index (κ2) is 6.70. The molecule has 5 nitrogen and oxygen atoms in total. The van der Waals surface area contributed by atoms with Gasteiger partial charge < -0.3 is 5.32 Å². The third-order valence-electron chi connectivity index (χ3n) is 3.51. The lowest BCUT2D eigenvalue weighted by Crippen LogP contribution is -2.30. The number of hydrogen-bond donors (Lipinski definition) is 2. The van der Waals surface area contributed by atoms with Crippen LogP contribution in [0.25, 0.3) is 0 Å². The Bertz CT molecular complexity index is 644. The van der Waals surface area contributed by atoms with E-state index in [2.05, 4.69) is 10.0 Å². The maximum atomic E-state index is 13.6. The predicted octanol–water partition coefficient (Wildman–Crippen LogP) is 1.12. The minimum atomic E-state index is -3.23. The highest BCUT2D eigenvalue weighted by Crippen LogP contribution is 2.49. The van der Waals surface area contributed by atoms with Crippen LogP contribution >= 0.6 is 0 Å². The Morgan fingerprint density at radius 2 is 1.91 bits per heavy atom. The number of amides is 1. The number of carbonyl (C=O) groups excluding carboxylic acids is 1. The van der Waals surface area contributed by atoms with Crippen molar-refractivity contribution in [3.05, 3.63) is 35.4 Å². The summed E-state index contributed by atoms with van der Waals surface area (Å²) in [7, 11) is -3.23. The van der Waals surface area contributed by atoms with Gasteiger partial charge in [0.05, 0.1) is 6.26 Å². The standard InChI is InChI=1S/C14H18F2N2O3S/c1-22(20,21)18-7-3-6-17-14(19)10-8-9(10)13-11(15)4-2-5-12(13)16/h2,4-5,9-10,18H,3,6-8H2,1H3,(H,17,19)/t9-,10-/m0/s1. The fraction of sp³-hybridized carbons (Fsp3) is 0.500. The van der Waals surface area contributed by atoms with Crippen LogP contribution in [0.2, 0.25) is 0 Å². The van der Waals surface area contributed by atoms with Gasteiger partial charge in [-0.15, -0.1) is 0 Å². The Labute approximate surface area is 128 Å². The Morgan fingerprint density at radius 3 is 2.50 bits per heavy atom. The Kier molecular flexibility index (Phi) is 5.12. The van der Waals surface area contributed by atoms with Gasteiger partial charge in [-0.1, -0.05) is 6.07 Å². The molecule has 1 fully saturated rings. The zero-order chi connectivity index (χ0) is 16.3. The Balaban J connectivity index is 1.77. The fourth-order valence-electron chi connectivity index (χ4n) is 2.36. The molecule has 0 bridgehead atoms. The van der Waals surface area contributed by atoms with Crippen LogP contribution in [0.3, 0.4) is 0 Å². The first-order chi connectivity index (χ1) is 10.3. The zero-order valence-corrected chi connectivity index (χ0v) is 12.9. The molecule has 0 heterocycles. The summed E-state index contributed by atoms with van der Waals surface area (Å²) in [6.07, 6.45) is 1.93. The van der Waals surface area contributed by atoms with Crippen molar-refractivity contribution in [2.45, 2.75) is 18.8 Å². The smallest absolute Gasteiger partial charge is 0.223 e. The number of carbonyl (C=O) groups is 1. The maximum absolute atomic E-state index is 13.6. The van der Waals surface area contributed by atoms with E-state index in [0.29, 0.717) is 19.4 Å². The van der Waals surface area contributed by atoms with E-state index in [9.17, 15) is 22.0 Å². The molecule has 8 heteroatoms. The fourth-order valence-corrected chi connectivity index (χ4v) is 2.87. The van der Waals surface area contributed by atoms with Gasteiger partial charge in [0.25, 0.3) is 0 Å². The molecule has 0 unspecified atom stereocenters. The van der Waals surface area contributed by atoms with Crippen molar-refractivity contribution in [3.8, 4) is 0 Å². The van der Waals surface area contributed by atoms with E-state index in [-0.39, 0.29) is 18.0 Å². The van der Waals surface area contributed by atoms with E-state index in [1.807, 2.05) is 0 Å². The first-order valence-electron chi connectivity index (χ1n) is 6.96. The molecular weight excluding hydrogens is 314 g/mol. The van der Waals surface area contributed by atoms with E-state index in [1.165, 1.54) is 18.2 Å². The van der Waals surface area contributed by atoms with Gasteiger partial charge in [0.15, 0.2) is 0 Å². The molecule has 1 aromatic carbocycles. The number of hydrogen-bond acceptors (Lipinski definition) is 3. The summed E-state index contributed by atoms with van der Waals surface area (Å²) in [5.74, 6) is -2.35. The molecule has 1 aromatic rings. The van der Waals surface area contributed by atoms with Gasteiger partial charge in [0.1, 0.15) is 11.6 Å². The first kappa shape index (κ1) is 16.8. The summed E-state index contributed by atoms with van der Waals surface area (Å²) in [5.41, 5.74) is -0.0265. The number of rotatable bonds is 7. The van der Waals surface area contributed by atoms with Crippen LogP contribution in [0.1, 0.15) is 24.3 Å². The molecule has 1 aliphatic rings. The van der Waals surface area contributed by atoms with Crippen LogP contribution in [0.4, 0.5) is 8.78 Å². The Morgan fingerprint density at radius 1 is 1.27 bits per heavy atom. The number of nitrogens with one attached hydrogen (secondary N) is 2. The molecule has 2 rings (SSSR count). The number of sulfonamides is 1. The van der Waals surface area contributed by atoms with Crippen molar-refractivity contribution in [2.75, 3.05) is 19.3 Å². The molecule has 2 N–H and O–H groups in total. The van der Waals surface area contributed by atoms with Crippen LogP contribution < -0.4 is 10.0 Å². The summed E-state index contributed by atoms with van der Waals surface area (Å²) in [4.78, 5) is 11.9. The molecule has 0 saturated heterocycles. The highest BCUT2D eigenvalue weighted by molar-refractivity contribution is 7.88. The first-order valence-corrected chi connectivity index (χ1v) is 8.85. The average molecular weight is 332 g/mol. The van der Waals surface area contributed by atoms with Crippen LogP contribution in [0, 0.1) is 17.6 Å². The lowest BCUT2D eigenvalue weighted by Gasteiger charge is -2.06. The summed E-state index contributed by atoms with van der Waals surface area (Å²) >= 11 is 0. The lowest BCUT2D eigenvalue weighted by molar-refractivity contribution is -0.122. The van der Waals surface area contributed by atoms with E-state index in [4.69, 9.17) is 0 Å². The molecule has 0 radical (unpaired) electrons. The SMILES string of the molecule is CS(=O)(=O)NCCCNC(=O)[C@H]1C[C@@H]1c1c(F)cccc1F. The van der Waals surface area contributed by atoms with Gasteiger partial charge in [0, 0.05) is 30.5 Å². The van der Waals surface area contributed by atoms with Crippen LogP contribution in [0.5, 0.6) is 0 Å². The highest BCUT2D eigenvalue weighted by atomic mass is 32.2. The molecule has 0 aliphatic heterocycles. The monoisotopic (exact) mass is 332 g/mol. The number of halogens is 2. The molecule has 122 valence electrons. The third-order valence-corrected chi connectivity index (χ3v) is 4.24. The maximum Gasteiger partial charge on any atom is 0.223 e. The van der Waals surface area contributed by atoms with Crippen LogP contribution in [-0.4, -0.2) is 33.7 Å². The second-order valence-corrected chi connectivity index (χ2v) is 7.23. The highest BCUT2D eigenvalue weighted by Gasteiger charge is 2.46. The zero-order valence-electron chi connectivity index (χ0n) is 12.1. The molecule has 1 aliphatic carbocycles. The molecule has 0 aromatic heterocycles. The molecule has 22 heavy (non-hydrogen) atoms. The lowest BCUT2D eigenvalue weighted by atomic mass is 10.1. The van der Waals surface area contributed by atoms with Gasteiger partial charge in [-0.3, -0.25) is 4.79 Å². The van der Waals surface area contributed by atoms with Crippen molar-refractivity contribution in [1.82, 2.24) is 10.0 Å². The normalized spacial score (nSPS) is 20.7. The van der Waals surface area contributed by atoms with Crippen molar-refractivity contribution in [3.63, 3.8) is 0 Å². The predicted molar refractivity (Wildman–Crippen MR) is 77.7 cm³/mol. The topological polar surface area (TPSA) is 75.3 Å². The minimum absolute atomic E-state index is 0.0265. The minimum Gasteiger partial charge on any atom is -0.356 e. The van der Waals surface area contributed by atoms with Crippen LogP contribution in [-0.2, 0) is 14.8 Å². The summed E-state index contributed by atoms with van der Waals surface area (Å²) in [6.45, 7) is 0.541. The second-order valence-electron chi connectivity index (χ2n) is 5.40. The number of benzene rings is 1. The quantitative estimate of drug-likeness (QED) is 0.735. The Hall–Kier alpha value is -1.54. The molecular formula is C14H18F2N2O3S. The summed E-state index contributed by atoms with van der Waals surface area (Å²) in [6, 6.07) is 3.66. The molecule has 0 spiro atoms. The average Bonchev–Trinajstić information content (AvgIpc) is 3.17. The molecule has 1 saturated carbocycles. The van der Waals surface area contributed by atoms with Gasteiger partial charge >= 0.3 is 0 Å². The van der Waals surface area contributed by atoms with Gasteiger partial charge in [-0.2, -0.15) is 0 Å². The van der Waals surface area contributed by atoms with Gasteiger partial charge in [-0.25, -0.2) is 21.9 Å². The summed E-state index contributed by atoms with van der Waals surface area (Å²) < 4.78 is 51.2. The van der Waals surface area contributed by atoms with E-state index < -0.39 is 33.5 Å². The van der Waals surface area contributed by atoms with E-state index >= 15 is 0 Å². The third kappa shape index (κ3) is 4.48. The van der Waals surface area contributed by atoms with E-state index in [0.717, 1.165) is 6.26 Å². The van der Waals surface area contributed by atoms with Gasteiger partial charge in [0.2, 0.25) is 15.9 Å². The van der Waals surface area contributed by atoms with Gasteiger partial charge in [-0.05, 0) is 25.0 Å². The van der Waals surface area contributed by atoms with Crippen molar-refractivity contribution in [2.24, 2.45) is 5.92 Å².